The van der Waals surface area contributed by atoms with E-state index in [0.717, 1.165) is 31.4 Å². The van der Waals surface area contributed by atoms with Crippen molar-refractivity contribution in [2.75, 3.05) is 23.1 Å². The van der Waals surface area contributed by atoms with Crippen molar-refractivity contribution in [3.8, 4) is 6.07 Å². The third-order valence-corrected chi connectivity index (χ3v) is 7.13. The molecular weight excluding hydrogens is 645 g/mol. The fraction of sp³-hybridized carbons (Fsp3) is 0.375. The van der Waals surface area contributed by atoms with E-state index in [0.29, 0.717) is 29.6 Å². The molecule has 1 fully saturated rings. The lowest BCUT2D eigenvalue weighted by atomic mass is 9.87. The van der Waals surface area contributed by atoms with Crippen LogP contribution >= 0.6 is 21.1 Å². The maximum atomic E-state index is 13.8. The summed E-state index contributed by atoms with van der Waals surface area (Å²) >= 11 is 6.27. The molecule has 2 amide bonds. The van der Waals surface area contributed by atoms with E-state index in [4.69, 9.17) is 21.4 Å². The number of aromatic nitrogens is 1. The van der Waals surface area contributed by atoms with Crippen LogP contribution in [0.15, 0.2) is 60.8 Å². The van der Waals surface area contributed by atoms with Gasteiger partial charge in [0.2, 0.25) is 12.3 Å². The predicted molar refractivity (Wildman–Crippen MR) is 173 cm³/mol. The SMILES string of the molecule is CC.CCCCN(C=O)c1cc(C#N)ccn1.O=C(NC1CC(F)(F)C1)C(c1ccccc1Cl)N(COP)c1cc(F)cc(F)c1. The Hall–Kier alpha value is -3.78. The molecule has 248 valence electrons. The van der Waals surface area contributed by atoms with E-state index in [1.807, 2.05) is 29.4 Å². The predicted octanol–water partition coefficient (Wildman–Crippen LogP) is 7.59. The van der Waals surface area contributed by atoms with Crippen LogP contribution < -0.4 is 15.1 Å². The quantitative estimate of drug-likeness (QED) is 0.0916. The molecule has 3 aromatic rings. The lowest BCUT2D eigenvalue weighted by Crippen LogP contribution is -2.53. The summed E-state index contributed by atoms with van der Waals surface area (Å²) < 4.78 is 59.0. The van der Waals surface area contributed by atoms with E-state index in [9.17, 15) is 27.2 Å². The molecule has 0 saturated heterocycles. The van der Waals surface area contributed by atoms with Crippen LogP contribution in [0.1, 0.15) is 63.6 Å². The number of nitrogens with one attached hydrogen (secondary N) is 1. The molecule has 1 heterocycles. The Morgan fingerprint density at radius 2 is 1.85 bits per heavy atom. The highest BCUT2D eigenvalue weighted by molar-refractivity contribution is 7.09. The summed E-state index contributed by atoms with van der Waals surface area (Å²) in [5.74, 6) is -4.59. The van der Waals surface area contributed by atoms with Gasteiger partial charge in [-0.25, -0.2) is 22.5 Å². The topological polar surface area (TPSA) is 98.6 Å². The number of halogens is 5. The van der Waals surface area contributed by atoms with E-state index in [-0.39, 0.29) is 17.4 Å². The number of alkyl halides is 2. The van der Waals surface area contributed by atoms with Crippen molar-refractivity contribution in [2.24, 2.45) is 0 Å². The van der Waals surface area contributed by atoms with E-state index in [1.54, 1.807) is 36.4 Å². The Balaban J connectivity index is 0.000000365. The fourth-order valence-electron chi connectivity index (χ4n) is 4.47. The maximum Gasteiger partial charge on any atom is 0.252 e. The maximum absolute atomic E-state index is 13.8. The van der Waals surface area contributed by atoms with Crippen LogP contribution in [0.4, 0.5) is 29.1 Å². The van der Waals surface area contributed by atoms with Crippen LogP contribution in [0.3, 0.4) is 0 Å². The minimum atomic E-state index is -2.81. The summed E-state index contributed by atoms with van der Waals surface area (Å²) in [5, 5.41) is 11.5. The lowest BCUT2D eigenvalue weighted by molar-refractivity contribution is -0.130. The number of anilines is 2. The summed E-state index contributed by atoms with van der Waals surface area (Å²) in [6.07, 6.45) is 3.29. The van der Waals surface area contributed by atoms with Crippen LogP contribution in [0.5, 0.6) is 0 Å². The van der Waals surface area contributed by atoms with Crippen LogP contribution in [0.2, 0.25) is 5.02 Å². The number of rotatable bonds is 12. The number of carbonyl (C=O) groups is 2. The number of carbonyl (C=O) groups excluding carboxylic acids is 2. The molecule has 2 unspecified atom stereocenters. The number of pyridine rings is 1. The molecule has 0 radical (unpaired) electrons. The van der Waals surface area contributed by atoms with Crippen molar-refractivity contribution in [3.63, 3.8) is 0 Å². The molecular formula is C32H37ClF4N5O3P. The summed E-state index contributed by atoms with van der Waals surface area (Å²) in [5.41, 5.74) is 0.886. The largest absolute Gasteiger partial charge is 0.351 e. The standard InChI is InChI=1S/C19H18ClF4N2O2P.C11H13N3O.C2H6/c20-16-4-2-1-3-15(16)17(18(27)25-13-8-19(23,24)9-13)26(10-28-29)14-6-11(21)5-12(22)7-14;1-2-3-6-14(9-15)11-7-10(8-12)4-5-13-11;1-2/h1-7,13,17H,8-10,29H2,(H,25,27);4-5,7,9H,2-3,6H2,1H3;1-2H3. The zero-order chi connectivity index (χ0) is 34.3. The van der Waals surface area contributed by atoms with E-state index in [1.165, 1.54) is 16.0 Å². The van der Waals surface area contributed by atoms with Crippen molar-refractivity contribution >= 4 is 44.9 Å². The summed E-state index contributed by atoms with van der Waals surface area (Å²) in [6, 6.07) is 12.6. The second-order valence-electron chi connectivity index (χ2n) is 9.95. The summed E-state index contributed by atoms with van der Waals surface area (Å²) in [7, 11) is 1.99. The first-order valence-electron chi connectivity index (χ1n) is 14.6. The number of benzene rings is 2. The van der Waals surface area contributed by atoms with Gasteiger partial charge in [-0.15, -0.1) is 0 Å². The Morgan fingerprint density at radius 3 is 2.39 bits per heavy atom. The minimum Gasteiger partial charge on any atom is -0.351 e. The number of hydrogen-bond acceptors (Lipinski definition) is 6. The van der Waals surface area contributed by atoms with E-state index < -0.39 is 48.4 Å². The Kier molecular flexibility index (Phi) is 15.9. The lowest BCUT2D eigenvalue weighted by Gasteiger charge is -2.38. The van der Waals surface area contributed by atoms with Crippen LogP contribution in [-0.2, 0) is 14.1 Å². The number of nitrogens with zero attached hydrogens (tertiary/aromatic N) is 4. The van der Waals surface area contributed by atoms with Gasteiger partial charge in [0.15, 0.2) is 0 Å². The van der Waals surface area contributed by atoms with E-state index in [2.05, 4.69) is 17.2 Å². The first-order valence-corrected chi connectivity index (χ1v) is 15.4. The summed E-state index contributed by atoms with van der Waals surface area (Å²) in [4.78, 5) is 30.7. The number of hydrogen-bond donors (Lipinski definition) is 1. The smallest absolute Gasteiger partial charge is 0.252 e. The van der Waals surface area contributed by atoms with Crippen molar-refractivity contribution in [3.05, 3.63) is 88.6 Å². The molecule has 8 nitrogen and oxygen atoms in total. The zero-order valence-corrected chi connectivity index (χ0v) is 27.6. The van der Waals surface area contributed by atoms with E-state index >= 15 is 0 Å². The average molecular weight is 682 g/mol. The number of nitriles is 1. The molecule has 46 heavy (non-hydrogen) atoms. The fourth-order valence-corrected chi connectivity index (χ4v) is 4.87. The van der Waals surface area contributed by atoms with Gasteiger partial charge in [0.25, 0.3) is 5.92 Å². The molecule has 0 aliphatic heterocycles. The monoisotopic (exact) mass is 681 g/mol. The van der Waals surface area contributed by atoms with Crippen molar-refractivity contribution in [1.29, 1.82) is 5.26 Å². The van der Waals surface area contributed by atoms with Crippen LogP contribution in [0, 0.1) is 23.0 Å². The number of amides is 2. The average Bonchev–Trinajstić information content (AvgIpc) is 3.02. The van der Waals surface area contributed by atoms with Crippen LogP contribution in [0.25, 0.3) is 0 Å². The molecule has 4 rings (SSSR count). The molecule has 0 bridgehead atoms. The molecule has 14 heteroatoms. The Morgan fingerprint density at radius 1 is 1.20 bits per heavy atom. The molecule has 2 aromatic carbocycles. The van der Waals surface area contributed by atoms with Crippen molar-refractivity contribution in [2.45, 2.75) is 64.5 Å². The van der Waals surface area contributed by atoms with Gasteiger partial charge in [0.1, 0.15) is 30.2 Å². The van der Waals surface area contributed by atoms with Gasteiger partial charge in [-0.3, -0.25) is 14.5 Å². The van der Waals surface area contributed by atoms with Gasteiger partial charge in [-0.2, -0.15) is 5.26 Å². The van der Waals surface area contributed by atoms with Gasteiger partial charge in [-0.1, -0.05) is 57.0 Å². The zero-order valence-electron chi connectivity index (χ0n) is 25.7. The third kappa shape index (κ3) is 11.2. The molecule has 1 aliphatic rings. The Labute approximate surface area is 274 Å². The van der Waals surface area contributed by atoms with Crippen molar-refractivity contribution in [1.82, 2.24) is 10.3 Å². The van der Waals surface area contributed by atoms with Crippen molar-refractivity contribution < 1.29 is 31.7 Å². The number of unbranched alkanes of at least 4 members (excludes halogenated alkanes) is 1. The van der Waals surface area contributed by atoms with Gasteiger partial charge in [0, 0.05) is 63.4 Å². The van der Waals surface area contributed by atoms with Gasteiger partial charge < -0.3 is 14.7 Å². The summed E-state index contributed by atoms with van der Waals surface area (Å²) in [6.45, 7) is 6.46. The minimum absolute atomic E-state index is 0.0314. The normalized spacial score (nSPS) is 13.7. The highest BCUT2D eigenvalue weighted by Crippen LogP contribution is 2.39. The highest BCUT2D eigenvalue weighted by Gasteiger charge is 2.47. The third-order valence-electron chi connectivity index (χ3n) is 6.64. The van der Waals surface area contributed by atoms with Gasteiger partial charge in [-0.05, 0) is 36.8 Å². The molecule has 1 aliphatic carbocycles. The molecule has 0 spiro atoms. The Bertz CT molecular complexity index is 1450. The van der Waals surface area contributed by atoms with Gasteiger partial charge >= 0.3 is 0 Å². The van der Waals surface area contributed by atoms with Crippen LogP contribution in [-0.4, -0.2) is 42.5 Å². The second-order valence-corrected chi connectivity index (χ2v) is 10.7. The molecule has 2 atom stereocenters. The van der Waals surface area contributed by atoms with Gasteiger partial charge in [0.05, 0.1) is 11.6 Å². The highest BCUT2D eigenvalue weighted by atomic mass is 35.5. The molecule has 1 aromatic heterocycles. The molecule has 1 N–H and O–H groups in total. The first kappa shape index (κ1) is 38.4. The molecule has 1 saturated carbocycles. The first-order chi connectivity index (χ1) is 22.0. The second kappa shape index (κ2) is 19.0.